The summed E-state index contributed by atoms with van der Waals surface area (Å²) >= 11 is 0. The fraction of sp³-hybridized carbons (Fsp3) is 0.286. The van der Waals surface area contributed by atoms with Crippen LogP contribution in [0, 0.1) is 5.92 Å². The Labute approximate surface area is 194 Å². The number of aryl methyl sites for hydroxylation is 1. The van der Waals surface area contributed by atoms with E-state index in [4.69, 9.17) is 9.47 Å². The number of ether oxygens (including phenoxy) is 2. The summed E-state index contributed by atoms with van der Waals surface area (Å²) in [5, 5.41) is 0. The Kier molecular flexibility index (Phi) is 7.08. The molecular formula is C28H29NO4. The number of carbonyl (C=O) groups is 2. The van der Waals surface area contributed by atoms with E-state index in [1.165, 1.54) is 5.56 Å². The highest BCUT2D eigenvalue weighted by molar-refractivity contribution is 6.03. The maximum Gasteiger partial charge on any atom is 0.310 e. The highest BCUT2D eigenvalue weighted by Crippen LogP contribution is 2.46. The van der Waals surface area contributed by atoms with Crippen LogP contribution in [0.15, 0.2) is 78.9 Å². The maximum absolute atomic E-state index is 13.2. The van der Waals surface area contributed by atoms with E-state index in [9.17, 15) is 9.59 Å². The second-order valence-corrected chi connectivity index (χ2v) is 8.23. The van der Waals surface area contributed by atoms with E-state index < -0.39 is 0 Å². The van der Waals surface area contributed by atoms with Gasteiger partial charge in [0.2, 0.25) is 5.91 Å². The molecule has 1 saturated heterocycles. The molecule has 2 atom stereocenters. The standard InChI is InChI=1S/C28H29NO4/c1-3-26(30)33-24-18-14-22(15-19-24)29-27(21-12-16-23(32-2)17-13-21)25(28(29)31)11-7-10-20-8-5-4-6-9-20/h4-6,8-9,12-19,25,27H,3,7,10-11H2,1-2H3/t25-,27-/m1/s1. The number of anilines is 1. The van der Waals surface area contributed by atoms with Gasteiger partial charge in [-0.2, -0.15) is 0 Å². The van der Waals surface area contributed by atoms with Gasteiger partial charge in [0.25, 0.3) is 0 Å². The number of hydrogen-bond donors (Lipinski definition) is 0. The number of carbonyl (C=O) groups excluding carboxylic acids is 2. The van der Waals surface area contributed by atoms with Gasteiger partial charge in [-0.15, -0.1) is 0 Å². The maximum atomic E-state index is 13.2. The highest BCUT2D eigenvalue weighted by atomic mass is 16.5. The molecule has 4 rings (SSSR count). The monoisotopic (exact) mass is 443 g/mol. The summed E-state index contributed by atoms with van der Waals surface area (Å²) in [4.78, 5) is 26.6. The number of hydrogen-bond acceptors (Lipinski definition) is 4. The SMILES string of the molecule is CCC(=O)Oc1ccc(N2C(=O)[C@H](CCCc3ccccc3)[C@H]2c2ccc(OC)cc2)cc1. The predicted octanol–water partition coefficient (Wildman–Crippen LogP) is 5.74. The molecule has 0 bridgehead atoms. The molecule has 1 heterocycles. The number of methoxy groups -OCH3 is 1. The Hall–Kier alpha value is -3.60. The Morgan fingerprint density at radius 1 is 0.909 bits per heavy atom. The van der Waals surface area contributed by atoms with Crippen LogP contribution in [0.1, 0.15) is 43.4 Å². The molecule has 1 fully saturated rings. The number of rotatable bonds is 9. The molecule has 0 N–H and O–H groups in total. The van der Waals surface area contributed by atoms with E-state index in [-0.39, 0.29) is 23.8 Å². The zero-order valence-corrected chi connectivity index (χ0v) is 19.1. The van der Waals surface area contributed by atoms with Crippen LogP contribution < -0.4 is 14.4 Å². The first-order valence-electron chi connectivity index (χ1n) is 11.4. The summed E-state index contributed by atoms with van der Waals surface area (Å²) < 4.78 is 10.6. The van der Waals surface area contributed by atoms with Gasteiger partial charge in [0, 0.05) is 12.1 Å². The zero-order valence-electron chi connectivity index (χ0n) is 19.1. The van der Waals surface area contributed by atoms with Crippen molar-refractivity contribution < 1.29 is 19.1 Å². The van der Waals surface area contributed by atoms with Crippen molar-refractivity contribution >= 4 is 17.6 Å². The van der Waals surface area contributed by atoms with Crippen molar-refractivity contribution in [2.75, 3.05) is 12.0 Å². The van der Waals surface area contributed by atoms with E-state index in [0.717, 1.165) is 36.3 Å². The van der Waals surface area contributed by atoms with Crippen molar-refractivity contribution in [3.05, 3.63) is 90.0 Å². The molecule has 5 heteroatoms. The minimum Gasteiger partial charge on any atom is -0.497 e. The average Bonchev–Trinajstić information content (AvgIpc) is 2.86. The molecule has 3 aromatic rings. The third-order valence-electron chi connectivity index (χ3n) is 6.13. The molecule has 1 aliphatic rings. The van der Waals surface area contributed by atoms with Gasteiger partial charge < -0.3 is 14.4 Å². The quantitative estimate of drug-likeness (QED) is 0.240. The second-order valence-electron chi connectivity index (χ2n) is 8.23. The van der Waals surface area contributed by atoms with E-state index in [2.05, 4.69) is 12.1 Å². The van der Waals surface area contributed by atoms with E-state index in [1.807, 2.05) is 59.5 Å². The molecule has 1 aliphatic heterocycles. The Bertz CT molecular complexity index is 1080. The van der Waals surface area contributed by atoms with Crippen LogP contribution in [0.4, 0.5) is 5.69 Å². The first kappa shape index (κ1) is 22.6. The van der Waals surface area contributed by atoms with Crippen LogP contribution in [0.5, 0.6) is 11.5 Å². The summed E-state index contributed by atoms with van der Waals surface area (Å²) in [7, 11) is 1.65. The summed E-state index contributed by atoms with van der Waals surface area (Å²) in [6, 6.07) is 25.4. The van der Waals surface area contributed by atoms with Gasteiger partial charge in [0.05, 0.1) is 19.1 Å². The van der Waals surface area contributed by atoms with Gasteiger partial charge in [-0.05, 0) is 66.8 Å². The fourth-order valence-electron chi connectivity index (χ4n) is 4.35. The zero-order chi connectivity index (χ0) is 23.2. The molecule has 1 amide bonds. The number of amides is 1. The van der Waals surface area contributed by atoms with Crippen LogP contribution in [0.2, 0.25) is 0 Å². The van der Waals surface area contributed by atoms with E-state index >= 15 is 0 Å². The summed E-state index contributed by atoms with van der Waals surface area (Å²) in [6.07, 6.45) is 3.05. The molecule has 0 aliphatic carbocycles. The number of esters is 1. The molecule has 3 aromatic carbocycles. The normalized spacial score (nSPS) is 17.4. The van der Waals surface area contributed by atoms with Gasteiger partial charge in [-0.1, -0.05) is 49.4 Å². The van der Waals surface area contributed by atoms with Crippen molar-refractivity contribution in [1.29, 1.82) is 0 Å². The lowest BCUT2D eigenvalue weighted by Gasteiger charge is -2.47. The van der Waals surface area contributed by atoms with Gasteiger partial charge in [-0.3, -0.25) is 9.59 Å². The lowest BCUT2D eigenvalue weighted by Crippen LogP contribution is -2.55. The summed E-state index contributed by atoms with van der Waals surface area (Å²) in [5.41, 5.74) is 3.18. The molecular weight excluding hydrogens is 414 g/mol. The lowest BCUT2D eigenvalue weighted by atomic mass is 9.78. The molecule has 0 radical (unpaired) electrons. The smallest absolute Gasteiger partial charge is 0.310 e. The van der Waals surface area contributed by atoms with Crippen LogP contribution in [-0.4, -0.2) is 19.0 Å². The summed E-state index contributed by atoms with van der Waals surface area (Å²) in [6.45, 7) is 1.76. The van der Waals surface area contributed by atoms with Crippen molar-refractivity contribution in [2.24, 2.45) is 5.92 Å². The minimum absolute atomic E-state index is 0.0387. The fourth-order valence-corrected chi connectivity index (χ4v) is 4.35. The van der Waals surface area contributed by atoms with Crippen molar-refractivity contribution in [3.63, 3.8) is 0 Å². The average molecular weight is 444 g/mol. The third-order valence-corrected chi connectivity index (χ3v) is 6.13. The van der Waals surface area contributed by atoms with E-state index in [0.29, 0.717) is 12.2 Å². The van der Waals surface area contributed by atoms with Gasteiger partial charge in [-0.25, -0.2) is 0 Å². The molecule has 0 aromatic heterocycles. The third kappa shape index (κ3) is 5.08. The largest absolute Gasteiger partial charge is 0.497 e. The number of β-lactam (4-membered cyclic amide) rings is 1. The number of benzene rings is 3. The predicted molar refractivity (Wildman–Crippen MR) is 128 cm³/mol. The highest BCUT2D eigenvalue weighted by Gasteiger charge is 2.48. The Morgan fingerprint density at radius 3 is 2.21 bits per heavy atom. The topological polar surface area (TPSA) is 55.8 Å². The van der Waals surface area contributed by atoms with Gasteiger partial charge in [0.15, 0.2) is 0 Å². The van der Waals surface area contributed by atoms with Crippen LogP contribution in [0.25, 0.3) is 0 Å². The second kappa shape index (κ2) is 10.3. The van der Waals surface area contributed by atoms with E-state index in [1.54, 1.807) is 26.2 Å². The first-order chi connectivity index (χ1) is 16.1. The molecule has 170 valence electrons. The number of nitrogens with zero attached hydrogens (tertiary/aromatic N) is 1. The minimum atomic E-state index is -0.280. The molecule has 0 saturated carbocycles. The van der Waals surface area contributed by atoms with Crippen LogP contribution >= 0.6 is 0 Å². The van der Waals surface area contributed by atoms with Crippen LogP contribution in [0.3, 0.4) is 0 Å². The summed E-state index contributed by atoms with van der Waals surface area (Å²) in [5.74, 6) is 1.05. The van der Waals surface area contributed by atoms with Gasteiger partial charge >= 0.3 is 5.97 Å². The van der Waals surface area contributed by atoms with Gasteiger partial charge in [0.1, 0.15) is 11.5 Å². The Balaban J connectivity index is 1.52. The molecule has 33 heavy (non-hydrogen) atoms. The molecule has 0 spiro atoms. The van der Waals surface area contributed by atoms with Crippen LogP contribution in [-0.2, 0) is 16.0 Å². The van der Waals surface area contributed by atoms with Crippen molar-refractivity contribution in [1.82, 2.24) is 0 Å². The lowest BCUT2D eigenvalue weighted by molar-refractivity contribution is -0.134. The van der Waals surface area contributed by atoms with Crippen molar-refractivity contribution in [3.8, 4) is 11.5 Å². The first-order valence-corrected chi connectivity index (χ1v) is 11.4. The molecule has 5 nitrogen and oxygen atoms in total. The van der Waals surface area contributed by atoms with Crippen molar-refractivity contribution in [2.45, 2.75) is 38.6 Å². The Morgan fingerprint density at radius 2 is 1.58 bits per heavy atom. The molecule has 0 unspecified atom stereocenters.